The Morgan fingerprint density at radius 1 is 0.395 bits per heavy atom. The van der Waals surface area contributed by atoms with Crippen LogP contribution in [0.2, 0.25) is 0 Å². The SMILES string of the molecule is CCCCCCCCOC(=O)CCCCCCCOCCCCCCCC(=O)OCCCCCCCC.[Ti]. The van der Waals surface area contributed by atoms with E-state index in [9.17, 15) is 9.59 Å². The maximum absolute atomic E-state index is 11.7. The second-order valence-corrected chi connectivity index (χ2v) is 10.6. The van der Waals surface area contributed by atoms with Crippen LogP contribution in [0.1, 0.15) is 168 Å². The minimum absolute atomic E-state index is 0. The smallest absolute Gasteiger partial charge is 0.305 e. The summed E-state index contributed by atoms with van der Waals surface area (Å²) in [5, 5.41) is 0. The third-order valence-corrected chi connectivity index (χ3v) is 6.86. The van der Waals surface area contributed by atoms with Crippen molar-refractivity contribution in [2.75, 3.05) is 26.4 Å². The summed E-state index contributed by atoms with van der Waals surface area (Å²) in [4.78, 5) is 23.5. The number of ether oxygens (including phenoxy) is 3. The Balaban J connectivity index is 0. The predicted molar refractivity (Wildman–Crippen MR) is 155 cm³/mol. The molecule has 0 saturated carbocycles. The van der Waals surface area contributed by atoms with Crippen LogP contribution < -0.4 is 0 Å². The first kappa shape index (κ1) is 39.8. The van der Waals surface area contributed by atoms with E-state index in [1.165, 1.54) is 77.0 Å². The normalized spacial score (nSPS) is 10.8. The number of carbonyl (C=O) groups is 2. The monoisotopic (exact) mass is 574 g/mol. The molecule has 0 N–H and O–H groups in total. The zero-order valence-electron chi connectivity index (χ0n) is 25.3. The van der Waals surface area contributed by atoms with Crippen molar-refractivity contribution in [3.05, 3.63) is 0 Å². The summed E-state index contributed by atoms with van der Waals surface area (Å²) in [6.45, 7) is 7.31. The Labute approximate surface area is 251 Å². The first-order valence-electron chi connectivity index (χ1n) is 16.1. The van der Waals surface area contributed by atoms with Gasteiger partial charge in [0.25, 0.3) is 0 Å². The van der Waals surface area contributed by atoms with Gasteiger partial charge in [-0.15, -0.1) is 0 Å². The van der Waals surface area contributed by atoms with Gasteiger partial charge in [0, 0.05) is 47.8 Å². The average Bonchev–Trinajstić information content (AvgIpc) is 2.89. The summed E-state index contributed by atoms with van der Waals surface area (Å²) in [5.41, 5.74) is 0. The van der Waals surface area contributed by atoms with Crippen LogP contribution in [0.25, 0.3) is 0 Å². The van der Waals surface area contributed by atoms with Crippen LogP contribution in [-0.4, -0.2) is 38.4 Å². The Kier molecular flexibility index (Phi) is 36.2. The molecule has 5 nitrogen and oxygen atoms in total. The summed E-state index contributed by atoms with van der Waals surface area (Å²) in [5.74, 6) is -0.0550. The molecular weight excluding hydrogens is 512 g/mol. The van der Waals surface area contributed by atoms with Crippen molar-refractivity contribution in [3.63, 3.8) is 0 Å². The van der Waals surface area contributed by atoms with Crippen LogP contribution in [0.4, 0.5) is 0 Å². The molecule has 0 rings (SSSR count). The summed E-state index contributed by atoms with van der Waals surface area (Å²) in [7, 11) is 0. The van der Waals surface area contributed by atoms with Gasteiger partial charge in [-0.25, -0.2) is 0 Å². The molecule has 6 heteroatoms. The molecule has 38 heavy (non-hydrogen) atoms. The molecule has 224 valence electrons. The largest absolute Gasteiger partial charge is 0.466 e. The number of carbonyl (C=O) groups excluding carboxylic acids is 2. The number of rotatable bonds is 30. The topological polar surface area (TPSA) is 61.8 Å². The molecule has 0 fully saturated rings. The van der Waals surface area contributed by atoms with E-state index in [1.807, 2.05) is 0 Å². The van der Waals surface area contributed by atoms with E-state index in [1.54, 1.807) is 0 Å². The molecule has 0 radical (unpaired) electrons. The quantitative estimate of drug-likeness (QED) is 0.0486. The third kappa shape index (κ3) is 33.6. The fourth-order valence-corrected chi connectivity index (χ4v) is 4.39. The minimum atomic E-state index is -0.0275. The van der Waals surface area contributed by atoms with E-state index in [0.717, 1.165) is 77.4 Å². The first-order valence-corrected chi connectivity index (χ1v) is 16.1. The van der Waals surface area contributed by atoms with Crippen molar-refractivity contribution in [1.82, 2.24) is 0 Å². The van der Waals surface area contributed by atoms with E-state index in [0.29, 0.717) is 26.1 Å². The van der Waals surface area contributed by atoms with Gasteiger partial charge in [0.05, 0.1) is 13.2 Å². The van der Waals surface area contributed by atoms with Gasteiger partial charge in [0.15, 0.2) is 0 Å². The van der Waals surface area contributed by atoms with Crippen LogP contribution in [0, 0.1) is 0 Å². The number of esters is 2. The molecule has 0 spiro atoms. The van der Waals surface area contributed by atoms with Crippen molar-refractivity contribution in [2.24, 2.45) is 0 Å². The van der Waals surface area contributed by atoms with Crippen LogP contribution in [0.3, 0.4) is 0 Å². The van der Waals surface area contributed by atoms with Crippen molar-refractivity contribution >= 4 is 11.9 Å². The molecule has 0 atom stereocenters. The van der Waals surface area contributed by atoms with Gasteiger partial charge in [-0.1, -0.05) is 117 Å². The standard InChI is InChI=1S/C32H62O5.Ti/c1-3-5-7-9-17-23-29-36-31(33)25-19-13-11-15-21-27-35-28-22-16-12-14-20-26-32(34)37-30-24-18-10-8-6-4-2;/h3-30H2,1-2H3;. The summed E-state index contributed by atoms with van der Waals surface area (Å²) in [6.07, 6.45) is 26.7. The van der Waals surface area contributed by atoms with E-state index in [2.05, 4.69) is 13.8 Å². The van der Waals surface area contributed by atoms with Gasteiger partial charge < -0.3 is 14.2 Å². The summed E-state index contributed by atoms with van der Waals surface area (Å²) in [6, 6.07) is 0. The molecule has 0 bridgehead atoms. The maximum atomic E-state index is 11.7. The summed E-state index contributed by atoms with van der Waals surface area (Å²) >= 11 is 0. The zero-order valence-corrected chi connectivity index (χ0v) is 26.9. The van der Waals surface area contributed by atoms with Crippen LogP contribution in [-0.2, 0) is 45.5 Å². The molecule has 0 amide bonds. The van der Waals surface area contributed by atoms with Crippen LogP contribution >= 0.6 is 0 Å². The zero-order chi connectivity index (χ0) is 27.1. The number of hydrogen-bond donors (Lipinski definition) is 0. The van der Waals surface area contributed by atoms with Gasteiger partial charge in [0.1, 0.15) is 0 Å². The Morgan fingerprint density at radius 3 is 1.05 bits per heavy atom. The molecular formula is C32H62O5Ti. The van der Waals surface area contributed by atoms with Crippen molar-refractivity contribution < 1.29 is 45.5 Å². The van der Waals surface area contributed by atoms with Crippen molar-refractivity contribution in [1.29, 1.82) is 0 Å². The molecule has 0 unspecified atom stereocenters. The molecule has 0 aromatic rings. The fourth-order valence-electron chi connectivity index (χ4n) is 4.39. The molecule has 0 heterocycles. The van der Waals surface area contributed by atoms with Crippen molar-refractivity contribution in [3.8, 4) is 0 Å². The van der Waals surface area contributed by atoms with E-state index in [-0.39, 0.29) is 33.7 Å². The Morgan fingerprint density at radius 2 is 0.684 bits per heavy atom. The second kappa shape index (κ2) is 34.6. The van der Waals surface area contributed by atoms with Gasteiger partial charge >= 0.3 is 11.9 Å². The van der Waals surface area contributed by atoms with E-state index >= 15 is 0 Å². The minimum Gasteiger partial charge on any atom is -0.466 e. The Bertz CT molecular complexity index is 444. The average molecular weight is 575 g/mol. The van der Waals surface area contributed by atoms with Crippen LogP contribution in [0.15, 0.2) is 0 Å². The molecule has 0 saturated heterocycles. The van der Waals surface area contributed by atoms with Gasteiger partial charge in [0.2, 0.25) is 0 Å². The third-order valence-electron chi connectivity index (χ3n) is 6.86. The van der Waals surface area contributed by atoms with E-state index < -0.39 is 0 Å². The summed E-state index contributed by atoms with van der Waals surface area (Å²) < 4.78 is 16.4. The predicted octanol–water partition coefficient (Wildman–Crippen LogP) is 9.49. The molecule has 0 aliphatic heterocycles. The van der Waals surface area contributed by atoms with Gasteiger partial charge in [-0.3, -0.25) is 9.59 Å². The molecule has 0 aromatic carbocycles. The van der Waals surface area contributed by atoms with E-state index in [4.69, 9.17) is 14.2 Å². The second-order valence-electron chi connectivity index (χ2n) is 10.6. The number of hydrogen-bond acceptors (Lipinski definition) is 5. The maximum Gasteiger partial charge on any atom is 0.305 e. The van der Waals surface area contributed by atoms with Gasteiger partial charge in [-0.05, 0) is 38.5 Å². The van der Waals surface area contributed by atoms with Crippen molar-refractivity contribution in [2.45, 2.75) is 168 Å². The van der Waals surface area contributed by atoms with Crippen LogP contribution in [0.5, 0.6) is 0 Å². The molecule has 0 aromatic heterocycles. The molecule has 0 aliphatic rings. The fraction of sp³-hybridized carbons (Fsp3) is 0.938. The number of unbranched alkanes of at least 4 members (excludes halogenated alkanes) is 18. The van der Waals surface area contributed by atoms with Gasteiger partial charge in [-0.2, -0.15) is 0 Å². The first-order chi connectivity index (χ1) is 18.2. The molecule has 0 aliphatic carbocycles. The Hall–Kier alpha value is -0.386.